The molecule has 0 bridgehead atoms. The van der Waals surface area contributed by atoms with Crippen molar-refractivity contribution in [3.8, 4) is 11.4 Å². The Bertz CT molecular complexity index is 1240. The molecule has 0 aliphatic carbocycles. The van der Waals surface area contributed by atoms with Gasteiger partial charge in [0.05, 0.1) is 6.10 Å². The molecule has 10 heteroatoms. The average Bonchev–Trinajstić information content (AvgIpc) is 3.13. The van der Waals surface area contributed by atoms with Gasteiger partial charge in [0.15, 0.2) is 11.5 Å². The number of nitrogens with two attached hydrogens (primary N) is 1. The van der Waals surface area contributed by atoms with Crippen LogP contribution in [0.3, 0.4) is 0 Å². The molecule has 0 saturated heterocycles. The number of rotatable bonds is 6. The summed E-state index contributed by atoms with van der Waals surface area (Å²) < 4.78 is 1.55. The SMILES string of the molecule is Cc1cnc(-c2ccn3nc(N)nc3c2)nc1C(=O)NCC[C@@H](O)c1ccc(Cl)cc1. The Labute approximate surface area is 182 Å². The van der Waals surface area contributed by atoms with Gasteiger partial charge >= 0.3 is 0 Å². The van der Waals surface area contributed by atoms with Gasteiger partial charge in [-0.1, -0.05) is 23.7 Å². The zero-order valence-electron chi connectivity index (χ0n) is 16.7. The third-order valence-electron chi connectivity index (χ3n) is 4.76. The van der Waals surface area contributed by atoms with Gasteiger partial charge in [-0.3, -0.25) is 4.79 Å². The minimum Gasteiger partial charge on any atom is -0.388 e. The van der Waals surface area contributed by atoms with Crippen molar-refractivity contribution in [3.05, 3.63) is 70.6 Å². The quantitative estimate of drug-likeness (QED) is 0.422. The zero-order chi connectivity index (χ0) is 22.0. The molecule has 0 spiro atoms. The minimum atomic E-state index is -0.707. The maximum Gasteiger partial charge on any atom is 0.270 e. The molecule has 1 aromatic carbocycles. The first kappa shape index (κ1) is 20.7. The van der Waals surface area contributed by atoms with Gasteiger partial charge in [0.1, 0.15) is 5.69 Å². The van der Waals surface area contributed by atoms with Gasteiger partial charge in [-0.15, -0.1) is 5.10 Å². The summed E-state index contributed by atoms with van der Waals surface area (Å²) in [6.07, 6.45) is 2.95. The number of nitrogen functional groups attached to an aromatic ring is 1. The van der Waals surface area contributed by atoms with E-state index in [4.69, 9.17) is 17.3 Å². The molecular weight excluding hydrogens is 418 g/mol. The molecule has 0 aliphatic heterocycles. The molecule has 158 valence electrons. The average molecular weight is 438 g/mol. The Balaban J connectivity index is 1.45. The van der Waals surface area contributed by atoms with E-state index in [1.54, 1.807) is 60.2 Å². The largest absolute Gasteiger partial charge is 0.388 e. The minimum absolute atomic E-state index is 0.169. The van der Waals surface area contributed by atoms with E-state index in [1.807, 2.05) is 0 Å². The van der Waals surface area contributed by atoms with Crippen molar-refractivity contribution in [2.75, 3.05) is 12.3 Å². The van der Waals surface area contributed by atoms with E-state index in [0.29, 0.717) is 34.0 Å². The number of aryl methyl sites for hydroxylation is 1. The number of aliphatic hydroxyl groups excluding tert-OH is 1. The second-order valence-corrected chi connectivity index (χ2v) is 7.46. The van der Waals surface area contributed by atoms with Crippen LogP contribution in [0.1, 0.15) is 34.1 Å². The summed E-state index contributed by atoms with van der Waals surface area (Å²) in [4.78, 5) is 25.6. The molecule has 1 amide bonds. The summed E-state index contributed by atoms with van der Waals surface area (Å²) in [6, 6.07) is 10.5. The van der Waals surface area contributed by atoms with Crippen molar-refractivity contribution >= 4 is 29.1 Å². The van der Waals surface area contributed by atoms with Crippen LogP contribution < -0.4 is 11.1 Å². The number of amides is 1. The molecule has 0 aliphatic rings. The van der Waals surface area contributed by atoms with E-state index in [9.17, 15) is 9.90 Å². The standard InChI is InChI=1S/C21H20ClN7O2/c1-12-11-25-19(14-7-9-29-17(10-14)26-21(23)28-29)27-18(12)20(31)24-8-6-16(30)13-2-4-15(22)5-3-13/h2-5,7,9-11,16,30H,6,8H2,1H3,(H2,23,28)(H,24,31)/t16-/m1/s1. The molecular formula is C21H20ClN7O2. The van der Waals surface area contributed by atoms with Crippen LogP contribution in [0.4, 0.5) is 5.95 Å². The normalized spacial score (nSPS) is 12.1. The number of aliphatic hydroxyl groups is 1. The first-order valence-electron chi connectivity index (χ1n) is 9.58. The third-order valence-corrected chi connectivity index (χ3v) is 5.01. The van der Waals surface area contributed by atoms with Gasteiger partial charge in [0.25, 0.3) is 5.91 Å². The highest BCUT2D eigenvalue weighted by molar-refractivity contribution is 6.30. The maximum atomic E-state index is 12.7. The number of anilines is 1. The Morgan fingerprint density at radius 1 is 1.26 bits per heavy atom. The van der Waals surface area contributed by atoms with Crippen LogP contribution in [0.5, 0.6) is 0 Å². The van der Waals surface area contributed by atoms with Gasteiger partial charge < -0.3 is 16.2 Å². The highest BCUT2D eigenvalue weighted by atomic mass is 35.5. The summed E-state index contributed by atoms with van der Waals surface area (Å²) in [5, 5.41) is 17.7. The fraction of sp³-hybridized carbons (Fsp3) is 0.190. The Hall–Kier alpha value is -3.56. The van der Waals surface area contributed by atoms with Gasteiger partial charge in [-0.25, -0.2) is 14.5 Å². The molecule has 9 nitrogen and oxygen atoms in total. The number of nitrogens with zero attached hydrogens (tertiary/aromatic N) is 5. The number of benzene rings is 1. The lowest BCUT2D eigenvalue weighted by Gasteiger charge is -2.12. The van der Waals surface area contributed by atoms with Crippen molar-refractivity contribution in [1.82, 2.24) is 29.9 Å². The van der Waals surface area contributed by atoms with Crippen molar-refractivity contribution in [1.29, 1.82) is 0 Å². The zero-order valence-corrected chi connectivity index (χ0v) is 17.4. The number of hydrogen-bond donors (Lipinski definition) is 3. The second-order valence-electron chi connectivity index (χ2n) is 7.03. The smallest absolute Gasteiger partial charge is 0.270 e. The first-order chi connectivity index (χ1) is 14.9. The van der Waals surface area contributed by atoms with Crippen LogP contribution in [0.15, 0.2) is 48.8 Å². The van der Waals surface area contributed by atoms with Crippen LogP contribution in [-0.2, 0) is 0 Å². The van der Waals surface area contributed by atoms with Gasteiger partial charge in [0.2, 0.25) is 5.95 Å². The van der Waals surface area contributed by atoms with Crippen LogP contribution in [0, 0.1) is 6.92 Å². The predicted octanol–water partition coefficient (Wildman–Crippen LogP) is 2.58. The fourth-order valence-corrected chi connectivity index (χ4v) is 3.23. The number of fused-ring (bicyclic) bond motifs is 1. The van der Waals surface area contributed by atoms with Crippen molar-refractivity contribution in [2.45, 2.75) is 19.4 Å². The summed E-state index contributed by atoms with van der Waals surface area (Å²) >= 11 is 5.87. The lowest BCUT2D eigenvalue weighted by atomic mass is 10.1. The van der Waals surface area contributed by atoms with E-state index in [1.165, 1.54) is 0 Å². The lowest BCUT2D eigenvalue weighted by molar-refractivity contribution is 0.0937. The van der Waals surface area contributed by atoms with E-state index < -0.39 is 6.10 Å². The van der Waals surface area contributed by atoms with Crippen molar-refractivity contribution < 1.29 is 9.90 Å². The van der Waals surface area contributed by atoms with Crippen molar-refractivity contribution in [3.63, 3.8) is 0 Å². The van der Waals surface area contributed by atoms with Crippen LogP contribution in [-0.4, -0.2) is 42.1 Å². The first-order valence-corrected chi connectivity index (χ1v) is 9.96. The summed E-state index contributed by atoms with van der Waals surface area (Å²) in [6.45, 7) is 2.05. The van der Waals surface area contributed by atoms with Crippen molar-refractivity contribution in [2.24, 2.45) is 0 Å². The van der Waals surface area contributed by atoms with E-state index in [-0.39, 0.29) is 24.1 Å². The Morgan fingerprint density at radius 3 is 2.81 bits per heavy atom. The number of pyridine rings is 1. The van der Waals surface area contributed by atoms with Gasteiger partial charge in [0, 0.05) is 29.5 Å². The lowest BCUT2D eigenvalue weighted by Crippen LogP contribution is -2.27. The number of hydrogen-bond acceptors (Lipinski definition) is 7. The molecule has 0 fully saturated rings. The molecule has 1 atom stereocenters. The molecule has 3 aromatic heterocycles. The molecule has 0 unspecified atom stereocenters. The number of aromatic nitrogens is 5. The number of halogens is 1. The molecule has 3 heterocycles. The molecule has 4 aromatic rings. The third kappa shape index (κ3) is 4.62. The number of carbonyl (C=O) groups is 1. The second kappa shape index (κ2) is 8.66. The Morgan fingerprint density at radius 2 is 2.03 bits per heavy atom. The van der Waals surface area contributed by atoms with Crippen LogP contribution in [0.2, 0.25) is 5.02 Å². The number of carbonyl (C=O) groups excluding carboxylic acids is 1. The van der Waals surface area contributed by atoms with Crippen LogP contribution >= 0.6 is 11.6 Å². The summed E-state index contributed by atoms with van der Waals surface area (Å²) in [7, 11) is 0. The fourth-order valence-electron chi connectivity index (χ4n) is 3.11. The van der Waals surface area contributed by atoms with Gasteiger partial charge in [-0.05, 0) is 48.7 Å². The highest BCUT2D eigenvalue weighted by Crippen LogP contribution is 2.20. The molecule has 31 heavy (non-hydrogen) atoms. The molecule has 4 rings (SSSR count). The molecule has 0 saturated carbocycles. The van der Waals surface area contributed by atoms with E-state index >= 15 is 0 Å². The summed E-state index contributed by atoms with van der Waals surface area (Å²) in [5.41, 5.74) is 8.52. The van der Waals surface area contributed by atoms with Crippen LogP contribution in [0.25, 0.3) is 17.0 Å². The predicted molar refractivity (Wildman–Crippen MR) is 117 cm³/mol. The topological polar surface area (TPSA) is 131 Å². The van der Waals surface area contributed by atoms with E-state index in [2.05, 4.69) is 25.4 Å². The summed E-state index contributed by atoms with van der Waals surface area (Å²) in [5.74, 6) is 0.223. The van der Waals surface area contributed by atoms with Gasteiger partial charge in [-0.2, -0.15) is 4.98 Å². The highest BCUT2D eigenvalue weighted by Gasteiger charge is 2.15. The van der Waals surface area contributed by atoms with E-state index in [0.717, 1.165) is 5.56 Å². The maximum absolute atomic E-state index is 12.7. The molecule has 0 radical (unpaired) electrons. The number of nitrogens with one attached hydrogen (secondary N) is 1. The Kier molecular flexibility index (Phi) is 5.79. The monoisotopic (exact) mass is 437 g/mol. The molecule has 4 N–H and O–H groups in total.